The quantitative estimate of drug-likeness (QED) is 0.0257. The first-order valence-electron chi connectivity index (χ1n) is 25.1. The number of ketones is 1. The van der Waals surface area contributed by atoms with Crippen molar-refractivity contribution in [2.24, 2.45) is 11.8 Å². The van der Waals surface area contributed by atoms with Crippen molar-refractivity contribution in [1.82, 2.24) is 25.5 Å². The molecule has 20 heteroatoms. The Kier molecular flexibility index (Phi) is 19.0. The van der Waals surface area contributed by atoms with Gasteiger partial charge in [-0.2, -0.15) is 0 Å². The summed E-state index contributed by atoms with van der Waals surface area (Å²) in [6, 6.07) is 22.9. The largest absolute Gasteiger partial charge is 0.448 e. The Morgan fingerprint density at radius 3 is 2.01 bits per heavy atom. The van der Waals surface area contributed by atoms with Crippen LogP contribution in [0.3, 0.4) is 0 Å². The maximum atomic E-state index is 15.2. The van der Waals surface area contributed by atoms with Crippen LogP contribution in [0.15, 0.2) is 110 Å². The van der Waals surface area contributed by atoms with Gasteiger partial charge in [0.25, 0.3) is 17.3 Å². The van der Waals surface area contributed by atoms with Gasteiger partial charge in [-0.05, 0) is 72.9 Å². The van der Waals surface area contributed by atoms with Gasteiger partial charge < -0.3 is 35.1 Å². The van der Waals surface area contributed by atoms with Crippen LogP contribution in [0.25, 0.3) is 11.1 Å². The second kappa shape index (κ2) is 25.3. The number of aromatic amines is 1. The summed E-state index contributed by atoms with van der Waals surface area (Å²) in [7, 11) is 0. The van der Waals surface area contributed by atoms with E-state index in [1.54, 1.807) is 34.6 Å². The molecule has 4 aromatic carbocycles. The Morgan fingerprint density at radius 2 is 1.45 bits per heavy atom. The van der Waals surface area contributed by atoms with Gasteiger partial charge in [0.05, 0.1) is 47.4 Å². The number of amides is 4. The standard InChI is InChI=1S/C55H66N8O12/c1-8-34(3)46(30-60(39(31-64)25-36-17-11-10-12-18-36)54(69)74-32-44-42-21-15-13-19-40(42)41-20-14-16-22-43(41)44)58-50(66)28-49(65)51(35(4)9-2)61(47-24-23-38(62(70)71)27-48(47)63(72)73)52(67)45(26-37-29-56-33-57-37)59-53(68)75-55(5,6)7/h10-24,27,29,33-35,39,44-46,51,64H,8-9,25-26,28,30-32H2,1-7H3,(H,56,57)(H,58,66)(H,59,68)/t34?,35?,39?,45-,46?,51-/m0/s1. The molecule has 1 aliphatic rings. The average molecular weight is 1030 g/mol. The first-order chi connectivity index (χ1) is 35.7. The van der Waals surface area contributed by atoms with Gasteiger partial charge in [0, 0.05) is 42.9 Å². The highest BCUT2D eigenvalue weighted by Gasteiger charge is 2.43. The molecule has 1 aromatic heterocycles. The topological polar surface area (TPSA) is 270 Å². The number of benzene rings is 4. The van der Waals surface area contributed by atoms with Gasteiger partial charge in [-0.25, -0.2) is 14.6 Å². The maximum Gasteiger partial charge on any atom is 0.410 e. The summed E-state index contributed by atoms with van der Waals surface area (Å²) in [5, 5.41) is 41.1. The Labute approximate surface area is 435 Å². The smallest absolute Gasteiger partial charge is 0.410 e. The predicted molar refractivity (Wildman–Crippen MR) is 280 cm³/mol. The molecule has 6 atom stereocenters. The fraction of sp³-hybridized carbons (Fsp3) is 0.418. The number of ether oxygens (including phenoxy) is 2. The number of anilines is 1. The SMILES string of the molecule is CCC(C)C(CN(C(=O)OCC1c2ccccc2-c2ccccc21)C(CO)Cc1ccccc1)NC(=O)CC(=O)[C@H](C(C)CC)N(C(=O)[C@H](Cc1cnc[nH]1)NC(=O)OC(C)(C)C)c1ccc([N+](=O)[O-])cc1[N+](=O)[O-]. The van der Waals surface area contributed by atoms with Crippen LogP contribution < -0.4 is 15.5 Å². The summed E-state index contributed by atoms with van der Waals surface area (Å²) < 4.78 is 11.6. The number of aliphatic hydroxyl groups is 1. The lowest BCUT2D eigenvalue weighted by molar-refractivity contribution is -0.393. The lowest BCUT2D eigenvalue weighted by atomic mass is 9.90. The monoisotopic (exact) mass is 1030 g/mol. The lowest BCUT2D eigenvalue weighted by Gasteiger charge is -2.37. The number of non-ortho nitro benzene ring substituents is 1. The van der Waals surface area contributed by atoms with Gasteiger partial charge in [0.2, 0.25) is 5.91 Å². The van der Waals surface area contributed by atoms with Gasteiger partial charge >= 0.3 is 12.2 Å². The zero-order chi connectivity index (χ0) is 54.6. The van der Waals surface area contributed by atoms with E-state index in [0.29, 0.717) is 18.2 Å². The number of hydrogen-bond donors (Lipinski definition) is 4. The van der Waals surface area contributed by atoms with Crippen molar-refractivity contribution in [2.45, 2.75) is 116 Å². The van der Waals surface area contributed by atoms with Crippen molar-refractivity contribution in [3.8, 4) is 11.1 Å². The molecule has 4 unspecified atom stereocenters. The number of nitrogens with one attached hydrogen (secondary N) is 3. The number of carbonyl (C=O) groups excluding carboxylic acids is 5. The molecule has 398 valence electrons. The number of hydrogen-bond acceptors (Lipinski definition) is 13. The van der Waals surface area contributed by atoms with Crippen molar-refractivity contribution in [2.75, 3.05) is 24.7 Å². The van der Waals surface area contributed by atoms with E-state index in [9.17, 15) is 44.5 Å². The number of rotatable bonds is 24. The lowest BCUT2D eigenvalue weighted by Crippen LogP contribution is -2.58. The average Bonchev–Trinajstić information content (AvgIpc) is 4.02. The highest BCUT2D eigenvalue weighted by atomic mass is 16.6. The molecule has 20 nitrogen and oxygen atoms in total. The Balaban J connectivity index is 1.34. The number of H-pyrrole nitrogens is 1. The molecule has 0 fully saturated rings. The zero-order valence-electron chi connectivity index (χ0n) is 43.3. The van der Waals surface area contributed by atoms with E-state index in [-0.39, 0.29) is 44.2 Å². The highest BCUT2D eigenvalue weighted by Crippen LogP contribution is 2.45. The van der Waals surface area contributed by atoms with Crippen LogP contribution in [0.1, 0.15) is 96.0 Å². The zero-order valence-corrected chi connectivity index (χ0v) is 43.3. The second-order valence-corrected chi connectivity index (χ2v) is 19.9. The number of alkyl carbamates (subject to hydrolysis) is 1. The molecule has 0 spiro atoms. The summed E-state index contributed by atoms with van der Waals surface area (Å²) in [5.41, 5.74) is 2.19. The number of fused-ring (bicyclic) bond motifs is 3. The molecule has 6 rings (SSSR count). The van der Waals surface area contributed by atoms with Crippen LogP contribution in [-0.4, -0.2) is 109 Å². The van der Waals surface area contributed by atoms with Crippen molar-refractivity contribution in [3.05, 3.63) is 152 Å². The summed E-state index contributed by atoms with van der Waals surface area (Å²) in [5.74, 6) is -4.09. The number of aliphatic hydroxyl groups excluding tert-OH is 1. The van der Waals surface area contributed by atoms with Gasteiger partial charge in [-0.1, -0.05) is 119 Å². The van der Waals surface area contributed by atoms with E-state index in [4.69, 9.17) is 9.47 Å². The number of Topliss-reactive ketones (excluding diaryl/α,β-unsaturated/α-hetero) is 1. The highest BCUT2D eigenvalue weighted by molar-refractivity contribution is 6.10. The van der Waals surface area contributed by atoms with Gasteiger partial charge in [-0.3, -0.25) is 39.5 Å². The van der Waals surface area contributed by atoms with E-state index in [1.807, 2.05) is 92.7 Å². The molecule has 4 amide bonds. The molecule has 75 heavy (non-hydrogen) atoms. The van der Waals surface area contributed by atoms with Crippen molar-refractivity contribution < 1.29 is 48.4 Å². The van der Waals surface area contributed by atoms with Crippen LogP contribution >= 0.6 is 0 Å². The number of imidazole rings is 1. The number of carbonyl (C=O) groups is 5. The molecule has 0 aliphatic heterocycles. The van der Waals surface area contributed by atoms with Crippen LogP contribution in [0.4, 0.5) is 26.7 Å². The van der Waals surface area contributed by atoms with Gasteiger partial charge in [0.1, 0.15) is 23.9 Å². The van der Waals surface area contributed by atoms with E-state index in [2.05, 4.69) is 20.6 Å². The molecule has 1 aliphatic carbocycles. The van der Waals surface area contributed by atoms with Crippen molar-refractivity contribution >= 4 is 46.8 Å². The minimum Gasteiger partial charge on any atom is -0.448 e. The molecular formula is C55H66N8O12. The molecule has 5 aromatic rings. The summed E-state index contributed by atoms with van der Waals surface area (Å²) >= 11 is 0. The first kappa shape index (κ1) is 56.3. The predicted octanol–water partition coefficient (Wildman–Crippen LogP) is 8.45. The Hall–Kier alpha value is -8.00. The first-order valence-corrected chi connectivity index (χ1v) is 25.1. The summed E-state index contributed by atoms with van der Waals surface area (Å²) in [4.78, 5) is 105. The van der Waals surface area contributed by atoms with Crippen LogP contribution in [0.2, 0.25) is 0 Å². The van der Waals surface area contributed by atoms with E-state index < -0.39 is 105 Å². The molecule has 0 radical (unpaired) electrons. The number of nitro groups is 2. The maximum absolute atomic E-state index is 15.2. The van der Waals surface area contributed by atoms with E-state index >= 15 is 4.79 Å². The molecule has 1 heterocycles. The third kappa shape index (κ3) is 14.2. The summed E-state index contributed by atoms with van der Waals surface area (Å²) in [6.45, 7) is 11.3. The van der Waals surface area contributed by atoms with Crippen molar-refractivity contribution in [3.63, 3.8) is 0 Å². The Morgan fingerprint density at radius 1 is 0.827 bits per heavy atom. The van der Waals surface area contributed by atoms with Gasteiger partial charge in [-0.15, -0.1) is 0 Å². The fourth-order valence-corrected chi connectivity index (χ4v) is 9.35. The van der Waals surface area contributed by atoms with E-state index in [1.165, 1.54) is 17.4 Å². The minimum absolute atomic E-state index is 0.0170. The second-order valence-electron chi connectivity index (χ2n) is 19.9. The molecular weight excluding hydrogens is 965 g/mol. The fourth-order valence-electron chi connectivity index (χ4n) is 9.35. The minimum atomic E-state index is -1.62. The summed E-state index contributed by atoms with van der Waals surface area (Å²) in [6.07, 6.45) is 0.773. The molecule has 4 N–H and O–H groups in total. The van der Waals surface area contributed by atoms with Crippen LogP contribution in [-0.2, 0) is 36.7 Å². The third-order valence-electron chi connectivity index (χ3n) is 13.6. The molecule has 0 saturated carbocycles. The van der Waals surface area contributed by atoms with Crippen molar-refractivity contribution in [1.29, 1.82) is 0 Å². The van der Waals surface area contributed by atoms with Crippen LogP contribution in [0.5, 0.6) is 0 Å². The molecule has 0 bridgehead atoms. The van der Waals surface area contributed by atoms with E-state index in [0.717, 1.165) is 44.8 Å². The Bertz CT molecular complexity index is 2770. The van der Waals surface area contributed by atoms with Crippen LogP contribution in [0, 0.1) is 32.1 Å². The molecule has 0 saturated heterocycles. The number of nitrogens with zero attached hydrogens (tertiary/aromatic N) is 5. The third-order valence-corrected chi connectivity index (χ3v) is 13.6. The van der Waals surface area contributed by atoms with Gasteiger partial charge in [0.15, 0.2) is 5.78 Å². The number of aromatic nitrogens is 2. The normalized spacial score (nSPS) is 14.4. The number of nitro benzene ring substituents is 2.